The van der Waals surface area contributed by atoms with E-state index in [1.165, 1.54) is 15.6 Å². The lowest BCUT2D eigenvalue weighted by Gasteiger charge is -2.23. The summed E-state index contributed by atoms with van der Waals surface area (Å²) in [5.41, 5.74) is 2.52. The minimum absolute atomic E-state index is 0.0937. The largest absolute Gasteiger partial charge is 0.292 e. The molecule has 1 atom stereocenters. The van der Waals surface area contributed by atoms with E-state index in [0.717, 1.165) is 11.1 Å². The fourth-order valence-electron chi connectivity index (χ4n) is 3.00. The number of benzene rings is 1. The number of thiophene rings is 1. The zero-order valence-electron chi connectivity index (χ0n) is 13.2. The lowest BCUT2D eigenvalue weighted by Crippen LogP contribution is -2.40. The number of hydrogen-bond donors (Lipinski definition) is 0. The summed E-state index contributed by atoms with van der Waals surface area (Å²) in [6.45, 7) is 4.23. The van der Waals surface area contributed by atoms with E-state index in [0.29, 0.717) is 29.2 Å². The Morgan fingerprint density at radius 2 is 2.04 bits per heavy atom. The molecule has 1 fully saturated rings. The minimum atomic E-state index is -3.59. The number of sulfonamides is 1. The van der Waals surface area contributed by atoms with E-state index in [2.05, 4.69) is 0 Å². The number of carbonyl (C=O) groups excluding carboxylic acids is 1. The molecule has 2 heterocycles. The second-order valence-electron chi connectivity index (χ2n) is 5.89. The van der Waals surface area contributed by atoms with Crippen LogP contribution in [0.15, 0.2) is 39.9 Å². The van der Waals surface area contributed by atoms with E-state index in [9.17, 15) is 13.2 Å². The van der Waals surface area contributed by atoms with Crippen LogP contribution < -0.4 is 0 Å². The third-order valence-electron chi connectivity index (χ3n) is 4.22. The summed E-state index contributed by atoms with van der Waals surface area (Å²) >= 11 is 1.19. The average molecular weight is 349 g/mol. The molecule has 4 nitrogen and oxygen atoms in total. The van der Waals surface area contributed by atoms with Crippen LogP contribution in [0.2, 0.25) is 0 Å². The van der Waals surface area contributed by atoms with Crippen LogP contribution in [0.3, 0.4) is 0 Å². The molecule has 0 N–H and O–H groups in total. The van der Waals surface area contributed by atoms with E-state index in [4.69, 9.17) is 0 Å². The number of nitrogens with zero attached hydrogens (tertiary/aromatic N) is 1. The second-order valence-corrected chi connectivity index (χ2v) is 8.95. The van der Waals surface area contributed by atoms with E-state index in [-0.39, 0.29) is 5.78 Å². The molecule has 1 saturated heterocycles. The Kier molecular flexibility index (Phi) is 4.40. The molecular weight excluding hydrogens is 330 g/mol. The summed E-state index contributed by atoms with van der Waals surface area (Å²) in [6, 6.07) is 8.44. The number of hydrogen-bond acceptors (Lipinski definition) is 4. The molecule has 0 amide bonds. The van der Waals surface area contributed by atoms with Gasteiger partial charge in [0.25, 0.3) is 10.0 Å². The van der Waals surface area contributed by atoms with Crippen LogP contribution in [0.25, 0.3) is 0 Å². The van der Waals surface area contributed by atoms with Crippen molar-refractivity contribution in [3.05, 3.63) is 52.4 Å². The molecule has 0 radical (unpaired) electrons. The lowest BCUT2D eigenvalue weighted by molar-refractivity contribution is 0.0917. The molecule has 1 aliphatic heterocycles. The Bertz CT molecular complexity index is 826. The smallest absolute Gasteiger partial charge is 0.253 e. The maximum Gasteiger partial charge on any atom is 0.253 e. The molecule has 1 aliphatic rings. The molecule has 3 rings (SSSR count). The first kappa shape index (κ1) is 16.4. The van der Waals surface area contributed by atoms with Crippen molar-refractivity contribution in [2.24, 2.45) is 0 Å². The van der Waals surface area contributed by atoms with Crippen LogP contribution >= 0.6 is 11.3 Å². The van der Waals surface area contributed by atoms with E-state index < -0.39 is 16.1 Å². The normalized spacial score (nSPS) is 19.1. The van der Waals surface area contributed by atoms with Crippen LogP contribution in [0.5, 0.6) is 0 Å². The van der Waals surface area contributed by atoms with Gasteiger partial charge in [-0.1, -0.05) is 23.8 Å². The van der Waals surface area contributed by atoms with Crippen LogP contribution in [-0.4, -0.2) is 31.1 Å². The molecule has 0 bridgehead atoms. The SMILES string of the molecule is Cc1ccc(C)c(C(=O)C2CCCN2S(=O)(=O)c2cccs2)c1. The van der Waals surface area contributed by atoms with Crippen molar-refractivity contribution in [1.29, 1.82) is 0 Å². The van der Waals surface area contributed by atoms with Crippen LogP contribution in [0.4, 0.5) is 0 Å². The van der Waals surface area contributed by atoms with Gasteiger partial charge in [-0.2, -0.15) is 4.31 Å². The van der Waals surface area contributed by atoms with Gasteiger partial charge in [-0.3, -0.25) is 4.79 Å². The van der Waals surface area contributed by atoms with Crippen molar-refractivity contribution in [3.63, 3.8) is 0 Å². The Labute approximate surface area is 140 Å². The van der Waals surface area contributed by atoms with Gasteiger partial charge in [-0.15, -0.1) is 11.3 Å². The zero-order chi connectivity index (χ0) is 16.6. The Balaban J connectivity index is 1.96. The molecule has 2 aromatic rings. The van der Waals surface area contributed by atoms with Gasteiger partial charge in [-0.05, 0) is 49.8 Å². The summed E-state index contributed by atoms with van der Waals surface area (Å²) in [5, 5.41) is 1.74. The van der Waals surface area contributed by atoms with Gasteiger partial charge in [0.15, 0.2) is 5.78 Å². The van der Waals surface area contributed by atoms with Gasteiger partial charge in [0.1, 0.15) is 4.21 Å². The van der Waals surface area contributed by atoms with Crippen molar-refractivity contribution in [2.45, 2.75) is 36.9 Å². The van der Waals surface area contributed by atoms with E-state index >= 15 is 0 Å². The summed E-state index contributed by atoms with van der Waals surface area (Å²) in [4.78, 5) is 12.9. The predicted molar refractivity (Wildman–Crippen MR) is 91.5 cm³/mol. The maximum atomic E-state index is 12.9. The molecular formula is C17H19NO3S2. The van der Waals surface area contributed by atoms with E-state index in [1.807, 2.05) is 32.0 Å². The monoisotopic (exact) mass is 349 g/mol. The van der Waals surface area contributed by atoms with Crippen molar-refractivity contribution >= 4 is 27.1 Å². The second kappa shape index (κ2) is 6.19. The Hall–Kier alpha value is -1.50. The molecule has 1 aromatic heterocycles. The highest BCUT2D eigenvalue weighted by Gasteiger charge is 2.40. The Morgan fingerprint density at radius 3 is 2.74 bits per heavy atom. The van der Waals surface area contributed by atoms with Crippen LogP contribution in [0, 0.1) is 13.8 Å². The van der Waals surface area contributed by atoms with Gasteiger partial charge in [-0.25, -0.2) is 8.42 Å². The molecule has 23 heavy (non-hydrogen) atoms. The predicted octanol–water partition coefficient (Wildman–Crippen LogP) is 3.40. The summed E-state index contributed by atoms with van der Waals surface area (Å²) in [6.07, 6.45) is 1.29. The first-order valence-electron chi connectivity index (χ1n) is 7.58. The fourth-order valence-corrected chi connectivity index (χ4v) is 5.77. The third kappa shape index (κ3) is 2.98. The third-order valence-corrected chi connectivity index (χ3v) is 7.50. The molecule has 0 aliphatic carbocycles. The topological polar surface area (TPSA) is 54.5 Å². The van der Waals surface area contributed by atoms with Gasteiger partial charge in [0.2, 0.25) is 0 Å². The van der Waals surface area contributed by atoms with Crippen molar-refractivity contribution in [1.82, 2.24) is 4.31 Å². The standard InChI is InChI=1S/C17H19NO3S2/c1-12-7-8-13(2)14(11-12)17(19)15-5-3-9-18(15)23(20,21)16-6-4-10-22-16/h4,6-8,10-11,15H,3,5,9H2,1-2H3. The molecule has 6 heteroatoms. The molecule has 1 aromatic carbocycles. The highest BCUT2D eigenvalue weighted by Crippen LogP contribution is 2.30. The van der Waals surface area contributed by atoms with Gasteiger partial charge >= 0.3 is 0 Å². The average Bonchev–Trinajstić information content (AvgIpc) is 3.20. The lowest BCUT2D eigenvalue weighted by atomic mass is 9.97. The molecule has 122 valence electrons. The zero-order valence-corrected chi connectivity index (χ0v) is 14.8. The molecule has 1 unspecified atom stereocenters. The minimum Gasteiger partial charge on any atom is -0.292 e. The maximum absolute atomic E-state index is 12.9. The number of ketones is 1. The summed E-state index contributed by atoms with van der Waals surface area (Å²) < 4.78 is 27.2. The van der Waals surface area contributed by atoms with Gasteiger partial charge in [0.05, 0.1) is 6.04 Å². The van der Waals surface area contributed by atoms with Crippen molar-refractivity contribution in [2.75, 3.05) is 6.54 Å². The van der Waals surface area contributed by atoms with Crippen LogP contribution in [0.1, 0.15) is 34.3 Å². The first-order valence-corrected chi connectivity index (χ1v) is 9.90. The highest BCUT2D eigenvalue weighted by atomic mass is 32.2. The van der Waals surface area contributed by atoms with Gasteiger partial charge < -0.3 is 0 Å². The quantitative estimate of drug-likeness (QED) is 0.795. The number of carbonyl (C=O) groups is 1. The number of rotatable bonds is 4. The highest BCUT2D eigenvalue weighted by molar-refractivity contribution is 7.91. The van der Waals surface area contributed by atoms with Crippen molar-refractivity contribution < 1.29 is 13.2 Å². The first-order chi connectivity index (χ1) is 10.9. The van der Waals surface area contributed by atoms with Crippen LogP contribution in [-0.2, 0) is 10.0 Å². The van der Waals surface area contributed by atoms with Gasteiger partial charge in [0, 0.05) is 12.1 Å². The number of Topliss-reactive ketones (excluding diaryl/α,β-unsaturated/α-hetero) is 1. The van der Waals surface area contributed by atoms with Crippen molar-refractivity contribution in [3.8, 4) is 0 Å². The molecule has 0 saturated carbocycles. The summed E-state index contributed by atoms with van der Waals surface area (Å²) in [7, 11) is -3.59. The fraction of sp³-hybridized carbons (Fsp3) is 0.353. The Morgan fingerprint density at radius 1 is 1.26 bits per heavy atom. The summed E-state index contributed by atoms with van der Waals surface area (Å²) in [5.74, 6) is -0.0937. The number of aryl methyl sites for hydroxylation is 2. The molecule has 0 spiro atoms. The van der Waals surface area contributed by atoms with E-state index in [1.54, 1.807) is 17.5 Å².